The van der Waals surface area contributed by atoms with Gasteiger partial charge in [0.25, 0.3) is 5.91 Å². The van der Waals surface area contributed by atoms with Gasteiger partial charge >= 0.3 is 0 Å². The second-order valence-corrected chi connectivity index (χ2v) is 4.75. The highest BCUT2D eigenvalue weighted by Crippen LogP contribution is 2.17. The molecule has 0 spiro atoms. The normalized spacial score (nSPS) is 22.1. The first kappa shape index (κ1) is 11.8. The highest BCUT2D eigenvalue weighted by molar-refractivity contribution is 7.82. The molecule has 2 aliphatic rings. The van der Waals surface area contributed by atoms with Crippen LogP contribution in [0.15, 0.2) is 0 Å². The molecule has 90 valence electrons. The smallest absolute Gasteiger partial charge is 0.279 e. The van der Waals surface area contributed by atoms with Crippen LogP contribution in [-0.2, 0) is 9.53 Å². The third kappa shape index (κ3) is 2.92. The van der Waals surface area contributed by atoms with Gasteiger partial charge in [0.05, 0.1) is 13.2 Å². The maximum atomic E-state index is 11.9. The van der Waals surface area contributed by atoms with Crippen molar-refractivity contribution in [1.29, 1.82) is 0 Å². The number of ether oxygens (including phenoxy) is 1. The van der Waals surface area contributed by atoms with Crippen LogP contribution < -0.4 is 5.32 Å². The number of nitrogens with one attached hydrogen (secondary N) is 1. The zero-order valence-electron chi connectivity index (χ0n) is 9.41. The van der Waals surface area contributed by atoms with Crippen molar-refractivity contribution in [1.82, 2.24) is 10.2 Å². The minimum atomic E-state index is -0.0798. The van der Waals surface area contributed by atoms with E-state index in [4.69, 9.17) is 17.0 Å². The van der Waals surface area contributed by atoms with Crippen LogP contribution >= 0.6 is 12.2 Å². The first-order valence-electron chi connectivity index (χ1n) is 5.95. The Labute approximate surface area is 101 Å². The molecular formula is C11H18N2O2S. The van der Waals surface area contributed by atoms with Crippen LogP contribution in [0.5, 0.6) is 0 Å². The number of hydrogen-bond acceptors (Lipinski definition) is 3. The number of nitrogens with zero attached hydrogens (tertiary/aromatic N) is 1. The molecule has 0 aromatic carbocycles. The molecule has 1 aliphatic heterocycles. The molecule has 0 aromatic rings. The topological polar surface area (TPSA) is 41.6 Å². The Morgan fingerprint density at radius 3 is 2.50 bits per heavy atom. The molecule has 1 N–H and O–H groups in total. The summed E-state index contributed by atoms with van der Waals surface area (Å²) in [7, 11) is 0. The van der Waals surface area contributed by atoms with Crippen LogP contribution in [0.3, 0.4) is 0 Å². The SMILES string of the molecule is O=C(NC1CCCC1)C(=S)N1CCOCC1. The maximum absolute atomic E-state index is 11.9. The summed E-state index contributed by atoms with van der Waals surface area (Å²) in [4.78, 5) is 14.2. The fraction of sp³-hybridized carbons (Fsp3) is 0.818. The lowest BCUT2D eigenvalue weighted by atomic mass is 10.2. The molecule has 1 amide bonds. The summed E-state index contributed by atoms with van der Waals surface area (Å²) in [6.07, 6.45) is 4.62. The van der Waals surface area contributed by atoms with E-state index in [9.17, 15) is 4.79 Å². The molecule has 0 atom stereocenters. The highest BCUT2D eigenvalue weighted by atomic mass is 32.1. The van der Waals surface area contributed by atoms with Crippen molar-refractivity contribution < 1.29 is 9.53 Å². The van der Waals surface area contributed by atoms with Crippen LogP contribution in [0.1, 0.15) is 25.7 Å². The van der Waals surface area contributed by atoms with Gasteiger partial charge in [-0.15, -0.1) is 0 Å². The second kappa shape index (κ2) is 5.59. The minimum Gasteiger partial charge on any atom is -0.378 e. The number of morpholine rings is 1. The van der Waals surface area contributed by atoms with Gasteiger partial charge in [-0.2, -0.15) is 0 Å². The second-order valence-electron chi connectivity index (χ2n) is 4.36. The van der Waals surface area contributed by atoms with E-state index in [1.807, 2.05) is 4.90 Å². The summed E-state index contributed by atoms with van der Waals surface area (Å²) in [5, 5.41) is 3.01. The molecule has 2 fully saturated rings. The zero-order valence-corrected chi connectivity index (χ0v) is 10.2. The average molecular weight is 242 g/mol. The molecule has 1 saturated carbocycles. The molecule has 0 aromatic heterocycles. The van der Waals surface area contributed by atoms with E-state index >= 15 is 0 Å². The molecule has 0 radical (unpaired) electrons. The summed E-state index contributed by atoms with van der Waals surface area (Å²) >= 11 is 5.19. The molecule has 5 heteroatoms. The number of thiocarbonyl (C=S) groups is 1. The minimum absolute atomic E-state index is 0.0798. The molecule has 0 bridgehead atoms. The molecule has 1 aliphatic carbocycles. The molecule has 16 heavy (non-hydrogen) atoms. The summed E-state index contributed by atoms with van der Waals surface area (Å²) < 4.78 is 5.23. The van der Waals surface area contributed by atoms with Gasteiger partial charge in [0.15, 0.2) is 4.99 Å². The van der Waals surface area contributed by atoms with Gasteiger partial charge in [-0.25, -0.2) is 0 Å². The van der Waals surface area contributed by atoms with Gasteiger partial charge in [0, 0.05) is 19.1 Å². The van der Waals surface area contributed by atoms with E-state index in [0.717, 1.165) is 25.9 Å². The Kier molecular flexibility index (Phi) is 4.12. The Morgan fingerprint density at radius 2 is 1.88 bits per heavy atom. The van der Waals surface area contributed by atoms with E-state index in [-0.39, 0.29) is 5.91 Å². The lowest BCUT2D eigenvalue weighted by Gasteiger charge is -2.28. The Bertz CT molecular complexity index is 271. The van der Waals surface area contributed by atoms with Crippen LogP contribution in [-0.4, -0.2) is 48.1 Å². The van der Waals surface area contributed by atoms with Gasteiger partial charge < -0.3 is 15.0 Å². The first-order valence-corrected chi connectivity index (χ1v) is 6.36. The summed E-state index contributed by atoms with van der Waals surface area (Å²) in [5.74, 6) is -0.0798. The Hall–Kier alpha value is -0.680. The predicted molar refractivity (Wildman–Crippen MR) is 65.4 cm³/mol. The molecular weight excluding hydrogens is 224 g/mol. The highest BCUT2D eigenvalue weighted by Gasteiger charge is 2.23. The fourth-order valence-electron chi connectivity index (χ4n) is 2.23. The fourth-order valence-corrected chi connectivity index (χ4v) is 2.47. The van der Waals surface area contributed by atoms with E-state index in [2.05, 4.69) is 5.32 Å². The monoisotopic (exact) mass is 242 g/mol. The Balaban J connectivity index is 1.80. The predicted octanol–water partition coefficient (Wildman–Crippen LogP) is 0.705. The molecule has 0 unspecified atom stereocenters. The van der Waals surface area contributed by atoms with Crippen LogP contribution in [0.2, 0.25) is 0 Å². The van der Waals surface area contributed by atoms with Crippen molar-refractivity contribution in [3.63, 3.8) is 0 Å². The third-order valence-corrected chi connectivity index (χ3v) is 3.63. The van der Waals surface area contributed by atoms with Crippen LogP contribution in [0.25, 0.3) is 0 Å². The zero-order chi connectivity index (χ0) is 11.4. The van der Waals surface area contributed by atoms with Crippen LogP contribution in [0, 0.1) is 0 Å². The number of carbonyl (C=O) groups excluding carboxylic acids is 1. The molecule has 2 rings (SSSR count). The van der Waals surface area contributed by atoms with E-state index in [1.165, 1.54) is 12.8 Å². The lowest BCUT2D eigenvalue weighted by molar-refractivity contribution is -0.116. The molecule has 1 saturated heterocycles. The largest absolute Gasteiger partial charge is 0.378 e. The quantitative estimate of drug-likeness (QED) is 0.688. The van der Waals surface area contributed by atoms with Gasteiger partial charge in [-0.3, -0.25) is 4.79 Å². The summed E-state index contributed by atoms with van der Waals surface area (Å²) in [6, 6.07) is 0.339. The van der Waals surface area contributed by atoms with Crippen molar-refractivity contribution in [3.05, 3.63) is 0 Å². The van der Waals surface area contributed by atoms with Crippen molar-refractivity contribution >= 4 is 23.1 Å². The Morgan fingerprint density at radius 1 is 1.25 bits per heavy atom. The first-order chi connectivity index (χ1) is 7.77. The van der Waals surface area contributed by atoms with Gasteiger partial charge in [-0.1, -0.05) is 25.1 Å². The van der Waals surface area contributed by atoms with Crippen molar-refractivity contribution in [3.8, 4) is 0 Å². The van der Waals surface area contributed by atoms with Crippen molar-refractivity contribution in [2.24, 2.45) is 0 Å². The van der Waals surface area contributed by atoms with E-state index in [1.54, 1.807) is 0 Å². The van der Waals surface area contributed by atoms with Crippen molar-refractivity contribution in [2.75, 3.05) is 26.3 Å². The van der Waals surface area contributed by atoms with Gasteiger partial charge in [0.1, 0.15) is 0 Å². The maximum Gasteiger partial charge on any atom is 0.279 e. The number of rotatable bonds is 1. The lowest BCUT2D eigenvalue weighted by Crippen LogP contribution is -2.48. The molecule has 1 heterocycles. The number of amides is 1. The van der Waals surface area contributed by atoms with E-state index in [0.29, 0.717) is 24.2 Å². The molecule has 4 nitrogen and oxygen atoms in total. The number of hydrogen-bond donors (Lipinski definition) is 1. The average Bonchev–Trinajstić information content (AvgIpc) is 2.82. The standard InChI is InChI=1S/C11H18N2O2S/c14-10(12-9-3-1-2-4-9)11(16)13-5-7-15-8-6-13/h9H,1-8H2,(H,12,14). The van der Waals surface area contributed by atoms with Crippen LogP contribution in [0.4, 0.5) is 0 Å². The third-order valence-electron chi connectivity index (χ3n) is 3.18. The number of carbonyl (C=O) groups is 1. The summed E-state index contributed by atoms with van der Waals surface area (Å²) in [5.41, 5.74) is 0. The van der Waals surface area contributed by atoms with Gasteiger partial charge in [-0.05, 0) is 12.8 Å². The van der Waals surface area contributed by atoms with Crippen molar-refractivity contribution in [2.45, 2.75) is 31.7 Å². The van der Waals surface area contributed by atoms with E-state index < -0.39 is 0 Å². The summed E-state index contributed by atoms with van der Waals surface area (Å²) in [6.45, 7) is 2.79. The van der Waals surface area contributed by atoms with Gasteiger partial charge in [0.2, 0.25) is 0 Å².